The number of nitrogens with one attached hydrogen (secondary N) is 2. The lowest BCUT2D eigenvalue weighted by molar-refractivity contribution is 0.0578. The zero-order valence-corrected chi connectivity index (χ0v) is 30.0. The number of aromatic amines is 1. The maximum Gasteiger partial charge on any atom is 0.256 e. The molecule has 1 amide bonds. The number of rotatable bonds is 9. The third-order valence-electron chi connectivity index (χ3n) is 11.5. The number of amides is 1. The van der Waals surface area contributed by atoms with E-state index in [1.54, 1.807) is 13.2 Å². The van der Waals surface area contributed by atoms with Crippen LogP contribution in [-0.2, 0) is 23.1 Å². The summed E-state index contributed by atoms with van der Waals surface area (Å²) in [6.45, 7) is 16.6. The van der Waals surface area contributed by atoms with Gasteiger partial charge in [-0.2, -0.15) is 0 Å². The number of carbonyl (C=O) groups is 1. The van der Waals surface area contributed by atoms with Gasteiger partial charge in [0, 0.05) is 54.8 Å². The van der Waals surface area contributed by atoms with Crippen LogP contribution in [0.1, 0.15) is 98.1 Å². The van der Waals surface area contributed by atoms with Crippen molar-refractivity contribution in [2.24, 2.45) is 0 Å². The monoisotopic (exact) mass is 654 g/mol. The van der Waals surface area contributed by atoms with Crippen LogP contribution < -0.4 is 20.5 Å². The topological polar surface area (TPSA) is 86.9 Å². The number of pyridine rings is 1. The Morgan fingerprint density at radius 3 is 2.46 bits per heavy atom. The maximum absolute atomic E-state index is 14.1. The third-order valence-corrected chi connectivity index (χ3v) is 11.5. The largest absolute Gasteiger partial charge is 0.496 e. The van der Waals surface area contributed by atoms with E-state index in [1.165, 1.54) is 30.4 Å². The van der Waals surface area contributed by atoms with Gasteiger partial charge in [-0.15, -0.1) is 0 Å². The summed E-state index contributed by atoms with van der Waals surface area (Å²) in [7, 11) is 1.55. The maximum atomic E-state index is 14.1. The van der Waals surface area contributed by atoms with Crippen molar-refractivity contribution in [1.82, 2.24) is 15.2 Å². The molecule has 1 aromatic heterocycles. The molecule has 3 aliphatic rings. The highest BCUT2D eigenvalue weighted by Gasteiger charge is 2.46. The molecule has 0 bridgehead atoms. The predicted octanol–water partition coefficient (Wildman–Crippen LogP) is 6.68. The van der Waals surface area contributed by atoms with Gasteiger partial charge in [0.2, 0.25) is 0 Å². The van der Waals surface area contributed by atoms with E-state index < -0.39 is 0 Å². The summed E-state index contributed by atoms with van der Waals surface area (Å²) in [6, 6.07) is 14.6. The van der Waals surface area contributed by atoms with Gasteiger partial charge in [0.1, 0.15) is 5.75 Å². The lowest BCUT2D eigenvalue weighted by atomic mass is 9.69. The fourth-order valence-corrected chi connectivity index (χ4v) is 9.23. The molecule has 6 rings (SSSR count). The molecule has 2 saturated heterocycles. The number of likely N-dealkylation sites (tertiary alicyclic amines) is 1. The molecular weight excluding hydrogens is 600 g/mol. The summed E-state index contributed by atoms with van der Waals surface area (Å²) < 4.78 is 11.2. The molecule has 1 aliphatic carbocycles. The zero-order chi connectivity index (χ0) is 34.2. The Kier molecular flexibility index (Phi) is 10.0. The summed E-state index contributed by atoms with van der Waals surface area (Å²) >= 11 is 0. The molecule has 0 saturated carbocycles. The van der Waals surface area contributed by atoms with Crippen molar-refractivity contribution in [3.8, 4) is 16.9 Å². The van der Waals surface area contributed by atoms with Crippen LogP contribution in [0.5, 0.6) is 5.75 Å². The molecular formula is C40H54N4O4. The number of aryl methyl sites for hydroxylation is 2. The molecule has 3 heterocycles. The van der Waals surface area contributed by atoms with Crippen molar-refractivity contribution < 1.29 is 14.3 Å². The Labute approximate surface area is 286 Å². The Balaban J connectivity index is 1.40. The van der Waals surface area contributed by atoms with Crippen molar-refractivity contribution >= 4 is 11.6 Å². The van der Waals surface area contributed by atoms with Gasteiger partial charge in [0.05, 0.1) is 19.2 Å². The second kappa shape index (κ2) is 14.1. The van der Waals surface area contributed by atoms with E-state index in [0.717, 1.165) is 67.9 Å². The van der Waals surface area contributed by atoms with Gasteiger partial charge < -0.3 is 24.7 Å². The summed E-state index contributed by atoms with van der Waals surface area (Å²) in [5.74, 6) is 0.271. The second-order valence-corrected chi connectivity index (χ2v) is 14.4. The number of piperidine rings is 1. The van der Waals surface area contributed by atoms with E-state index in [1.807, 2.05) is 6.92 Å². The van der Waals surface area contributed by atoms with Crippen molar-refractivity contribution in [2.75, 3.05) is 38.3 Å². The van der Waals surface area contributed by atoms with E-state index >= 15 is 0 Å². The molecule has 2 aliphatic heterocycles. The van der Waals surface area contributed by atoms with Crippen LogP contribution in [0.25, 0.3) is 11.1 Å². The minimum absolute atomic E-state index is 0.0700. The highest BCUT2D eigenvalue weighted by atomic mass is 16.5. The highest BCUT2D eigenvalue weighted by Crippen LogP contribution is 2.50. The number of ether oxygens (including phenoxy) is 2. The SMILES string of the molecule is CCN(c1cc(-c2ccc3c(c2)C2(CC3)CC(C)N(CC)C(C)C2)cc(C(=O)NCc2c(OC)cc(C)[nH]c2=O)c1C)C1CCOCC1. The third kappa shape index (κ3) is 6.41. The Morgan fingerprint density at radius 1 is 1.06 bits per heavy atom. The van der Waals surface area contributed by atoms with Crippen LogP contribution in [0.2, 0.25) is 0 Å². The normalized spacial score (nSPS) is 22.9. The van der Waals surface area contributed by atoms with E-state index in [9.17, 15) is 9.59 Å². The van der Waals surface area contributed by atoms with Crippen LogP contribution in [0.4, 0.5) is 5.69 Å². The van der Waals surface area contributed by atoms with Crippen LogP contribution >= 0.6 is 0 Å². The molecule has 3 aromatic rings. The molecule has 1 spiro atoms. The summed E-state index contributed by atoms with van der Waals surface area (Å²) in [5, 5.41) is 3.06. The smallest absolute Gasteiger partial charge is 0.256 e. The highest BCUT2D eigenvalue weighted by molar-refractivity contribution is 5.99. The number of benzene rings is 2. The number of methoxy groups -OCH3 is 1. The molecule has 2 atom stereocenters. The molecule has 8 nitrogen and oxygen atoms in total. The molecule has 2 unspecified atom stereocenters. The minimum atomic E-state index is -0.254. The Bertz CT molecular complexity index is 1700. The average molecular weight is 655 g/mol. The van der Waals surface area contributed by atoms with E-state index in [4.69, 9.17) is 9.47 Å². The number of H-pyrrole nitrogens is 1. The van der Waals surface area contributed by atoms with E-state index in [2.05, 4.69) is 85.1 Å². The van der Waals surface area contributed by atoms with Crippen LogP contribution in [-0.4, -0.2) is 67.3 Å². The quantitative estimate of drug-likeness (QED) is 0.268. The molecule has 2 N–H and O–H groups in total. The fraction of sp³-hybridized carbons (Fsp3) is 0.550. The first kappa shape index (κ1) is 34.3. The van der Waals surface area contributed by atoms with Gasteiger partial charge in [-0.1, -0.05) is 25.1 Å². The number of fused-ring (bicyclic) bond motifs is 2. The van der Waals surface area contributed by atoms with Crippen molar-refractivity contribution in [2.45, 2.75) is 110 Å². The molecule has 8 heteroatoms. The van der Waals surface area contributed by atoms with Crippen molar-refractivity contribution in [3.05, 3.63) is 80.3 Å². The van der Waals surface area contributed by atoms with Gasteiger partial charge in [-0.3, -0.25) is 14.5 Å². The fourth-order valence-electron chi connectivity index (χ4n) is 9.23. The van der Waals surface area contributed by atoms with E-state index in [-0.39, 0.29) is 23.4 Å². The second-order valence-electron chi connectivity index (χ2n) is 14.4. The van der Waals surface area contributed by atoms with Gasteiger partial charge in [-0.25, -0.2) is 0 Å². The summed E-state index contributed by atoms with van der Waals surface area (Å²) in [4.78, 5) is 34.9. The van der Waals surface area contributed by atoms with Gasteiger partial charge in [-0.05, 0) is 131 Å². The average Bonchev–Trinajstić information content (AvgIpc) is 3.41. The molecule has 258 valence electrons. The first-order chi connectivity index (χ1) is 23.1. The van der Waals surface area contributed by atoms with Crippen molar-refractivity contribution in [3.63, 3.8) is 0 Å². The summed E-state index contributed by atoms with van der Waals surface area (Å²) in [5.41, 5.74) is 8.91. The van der Waals surface area contributed by atoms with Gasteiger partial charge in [0.15, 0.2) is 0 Å². The predicted molar refractivity (Wildman–Crippen MR) is 194 cm³/mol. The number of carbonyl (C=O) groups excluding carboxylic acids is 1. The molecule has 2 fully saturated rings. The molecule has 2 aromatic carbocycles. The van der Waals surface area contributed by atoms with Crippen LogP contribution in [0.15, 0.2) is 41.2 Å². The van der Waals surface area contributed by atoms with Crippen molar-refractivity contribution in [1.29, 1.82) is 0 Å². The number of nitrogens with zero attached hydrogens (tertiary/aromatic N) is 2. The Morgan fingerprint density at radius 2 is 1.79 bits per heavy atom. The number of hydrogen-bond acceptors (Lipinski definition) is 6. The lowest BCUT2D eigenvalue weighted by Gasteiger charge is -2.48. The summed E-state index contributed by atoms with van der Waals surface area (Å²) in [6.07, 6.45) is 6.62. The number of aromatic nitrogens is 1. The first-order valence-corrected chi connectivity index (χ1v) is 18.0. The standard InChI is InChI=1S/C40H54N4O4/c1-8-43-26(4)22-40(23-27(43)5)15-12-29-10-11-30(20-35(29)40)31-19-33(28(6)36(21-31)44(9-2)32-13-16-48-17-14-32)38(45)41-24-34-37(47-7)18-25(3)42-39(34)46/h10-11,18-21,26-27,32H,8-9,12-17,22-24H2,1-7H3,(H,41,45)(H,42,46). The zero-order valence-electron chi connectivity index (χ0n) is 30.0. The van der Waals surface area contributed by atoms with Gasteiger partial charge >= 0.3 is 0 Å². The Hall–Kier alpha value is -3.62. The van der Waals surface area contributed by atoms with E-state index in [0.29, 0.717) is 40.7 Å². The first-order valence-electron chi connectivity index (χ1n) is 18.0. The molecule has 0 radical (unpaired) electrons. The molecule has 48 heavy (non-hydrogen) atoms. The number of anilines is 1. The lowest BCUT2D eigenvalue weighted by Crippen LogP contribution is -2.51. The minimum Gasteiger partial charge on any atom is -0.496 e. The van der Waals surface area contributed by atoms with Gasteiger partial charge in [0.25, 0.3) is 11.5 Å². The van der Waals surface area contributed by atoms with Crippen LogP contribution in [0, 0.1) is 13.8 Å². The van der Waals surface area contributed by atoms with Crippen LogP contribution in [0.3, 0.4) is 0 Å². The number of hydrogen-bond donors (Lipinski definition) is 2.